The molecule has 0 spiro atoms. The summed E-state index contributed by atoms with van der Waals surface area (Å²) >= 11 is 11.6. The Kier molecular flexibility index (Phi) is 5.20. The summed E-state index contributed by atoms with van der Waals surface area (Å²) in [6, 6.07) is 2.70. The van der Waals surface area contributed by atoms with Gasteiger partial charge in [0.05, 0.1) is 29.8 Å². The van der Waals surface area contributed by atoms with Crippen molar-refractivity contribution in [2.45, 2.75) is 0 Å². The second kappa shape index (κ2) is 6.45. The molecule has 0 aliphatic rings. The van der Waals surface area contributed by atoms with E-state index in [1.54, 1.807) is 0 Å². The molecule has 1 rings (SSSR count). The molecule has 0 aromatic heterocycles. The lowest BCUT2D eigenvalue weighted by Gasteiger charge is -2.09. The van der Waals surface area contributed by atoms with Gasteiger partial charge in [-0.05, 0) is 6.07 Å². The molecule has 0 aliphatic carbocycles. The van der Waals surface area contributed by atoms with Gasteiger partial charge in [0.2, 0.25) is 0 Å². The van der Waals surface area contributed by atoms with Crippen LogP contribution in [-0.4, -0.2) is 31.1 Å². The van der Waals surface area contributed by atoms with Crippen molar-refractivity contribution < 1.29 is 24.2 Å². The monoisotopic (exact) mass is 304 g/mol. The maximum Gasteiger partial charge on any atom is 0.378 e. The number of carbonyl (C=O) groups is 2. The van der Waals surface area contributed by atoms with Gasteiger partial charge in [-0.25, -0.2) is 4.79 Å². The summed E-state index contributed by atoms with van der Waals surface area (Å²) in [5.41, 5.74) is 0.133. The number of ether oxygens (including phenoxy) is 2. The topological polar surface area (TPSA) is 72.8 Å². The number of methoxy groups -OCH3 is 2. The largest absolute Gasteiger partial charge is 0.507 e. The van der Waals surface area contributed by atoms with E-state index >= 15 is 0 Å². The van der Waals surface area contributed by atoms with Gasteiger partial charge in [-0.2, -0.15) is 0 Å². The van der Waals surface area contributed by atoms with Crippen molar-refractivity contribution in [3.05, 3.63) is 33.8 Å². The van der Waals surface area contributed by atoms with Crippen LogP contribution in [0.4, 0.5) is 0 Å². The fourth-order valence-electron chi connectivity index (χ4n) is 1.26. The lowest BCUT2D eigenvalue weighted by Crippen LogP contribution is -2.13. The summed E-state index contributed by atoms with van der Waals surface area (Å²) in [5, 5.41) is 10.2. The molecule has 0 unspecified atom stereocenters. The minimum atomic E-state index is -1.09. The molecular weight excluding hydrogens is 295 g/mol. The zero-order chi connectivity index (χ0) is 14.6. The summed E-state index contributed by atoms with van der Waals surface area (Å²) in [4.78, 5) is 22.2. The van der Waals surface area contributed by atoms with Crippen molar-refractivity contribution in [1.29, 1.82) is 0 Å². The van der Waals surface area contributed by atoms with Crippen molar-refractivity contribution in [2.24, 2.45) is 0 Å². The number of hydrogen-bond donors (Lipinski definition) is 1. The van der Waals surface area contributed by atoms with E-state index < -0.39 is 17.5 Å². The van der Waals surface area contributed by atoms with Gasteiger partial charge in [-0.1, -0.05) is 23.2 Å². The first-order chi connectivity index (χ1) is 8.90. The zero-order valence-electron chi connectivity index (χ0n) is 10.1. The molecule has 0 saturated carbocycles. The predicted octanol–water partition coefficient (Wildman–Crippen LogP) is 2.64. The molecule has 7 heteroatoms. The van der Waals surface area contributed by atoms with Gasteiger partial charge in [0, 0.05) is 12.1 Å². The predicted molar refractivity (Wildman–Crippen MR) is 70.6 cm³/mol. The van der Waals surface area contributed by atoms with Crippen LogP contribution >= 0.6 is 23.2 Å². The van der Waals surface area contributed by atoms with E-state index in [4.69, 9.17) is 27.9 Å². The van der Waals surface area contributed by atoms with Crippen LogP contribution in [0.25, 0.3) is 5.76 Å². The lowest BCUT2D eigenvalue weighted by molar-refractivity contribution is -0.149. The zero-order valence-corrected chi connectivity index (χ0v) is 11.6. The van der Waals surface area contributed by atoms with E-state index in [1.165, 1.54) is 19.2 Å². The first-order valence-corrected chi connectivity index (χ1v) is 5.72. The van der Waals surface area contributed by atoms with Crippen molar-refractivity contribution >= 4 is 40.7 Å². The Balaban J connectivity index is 3.22. The van der Waals surface area contributed by atoms with Gasteiger partial charge in [0.25, 0.3) is 5.78 Å². The second-order valence-corrected chi connectivity index (χ2v) is 4.17. The fraction of sp³-hybridized carbons (Fsp3) is 0.167. The van der Waals surface area contributed by atoms with E-state index in [2.05, 4.69) is 4.74 Å². The van der Waals surface area contributed by atoms with Gasteiger partial charge in [0.1, 0.15) is 11.5 Å². The standard InChI is InChI=1S/C12H10Cl2O5/c1-18-11-4-8(14)7(13)3-6(11)9(15)5-10(16)12(17)19-2/h3-5,15H,1-2H3/b9-5-. The Morgan fingerprint density at radius 3 is 2.32 bits per heavy atom. The van der Waals surface area contributed by atoms with Crippen LogP contribution in [0.5, 0.6) is 5.75 Å². The minimum Gasteiger partial charge on any atom is -0.507 e. The quantitative estimate of drug-likeness (QED) is 0.401. The van der Waals surface area contributed by atoms with Crippen molar-refractivity contribution in [3.8, 4) is 5.75 Å². The molecule has 0 atom stereocenters. The van der Waals surface area contributed by atoms with Gasteiger partial charge in [0.15, 0.2) is 0 Å². The molecule has 0 fully saturated rings. The van der Waals surface area contributed by atoms with Gasteiger partial charge in [-0.15, -0.1) is 0 Å². The van der Waals surface area contributed by atoms with Gasteiger partial charge in [-0.3, -0.25) is 4.79 Å². The molecule has 1 aromatic carbocycles. The highest BCUT2D eigenvalue weighted by Gasteiger charge is 2.16. The Bertz CT molecular complexity index is 551. The maximum atomic E-state index is 11.3. The highest BCUT2D eigenvalue weighted by Crippen LogP contribution is 2.33. The molecule has 0 aliphatic heterocycles. The van der Waals surface area contributed by atoms with Gasteiger partial charge < -0.3 is 14.6 Å². The third-order valence-corrected chi connectivity index (χ3v) is 2.89. The molecule has 1 N–H and O–H groups in total. The lowest BCUT2D eigenvalue weighted by atomic mass is 10.1. The summed E-state index contributed by atoms with van der Waals surface area (Å²) in [5.74, 6) is -2.37. The molecule has 0 saturated heterocycles. The Hall–Kier alpha value is -1.72. The molecule has 0 bridgehead atoms. The normalized spacial score (nSPS) is 11.1. The number of benzene rings is 1. The average molecular weight is 305 g/mol. The SMILES string of the molecule is COC(=O)C(=O)/C=C(\O)c1cc(Cl)c(Cl)cc1OC. The molecular formula is C12H10Cl2O5. The van der Waals surface area contributed by atoms with Crippen molar-refractivity contribution in [3.63, 3.8) is 0 Å². The van der Waals surface area contributed by atoms with Crippen molar-refractivity contribution in [1.82, 2.24) is 0 Å². The van der Waals surface area contributed by atoms with Crippen LogP contribution < -0.4 is 4.74 Å². The van der Waals surface area contributed by atoms with E-state index in [0.29, 0.717) is 6.08 Å². The molecule has 102 valence electrons. The van der Waals surface area contributed by atoms with E-state index in [-0.39, 0.29) is 21.4 Å². The Morgan fingerprint density at radius 2 is 1.79 bits per heavy atom. The van der Waals surface area contributed by atoms with Crippen LogP contribution in [0.1, 0.15) is 5.56 Å². The second-order valence-electron chi connectivity index (χ2n) is 3.35. The highest BCUT2D eigenvalue weighted by atomic mass is 35.5. The fourth-order valence-corrected chi connectivity index (χ4v) is 1.58. The molecule has 0 amide bonds. The number of aliphatic hydroxyl groups is 1. The summed E-state index contributed by atoms with van der Waals surface area (Å²) in [7, 11) is 2.42. The van der Waals surface area contributed by atoms with Crippen LogP contribution in [0, 0.1) is 0 Å². The molecule has 5 nitrogen and oxygen atoms in total. The van der Waals surface area contributed by atoms with Crippen LogP contribution in [0.2, 0.25) is 10.0 Å². The first-order valence-electron chi connectivity index (χ1n) is 4.97. The Labute approximate surface area is 119 Å². The number of carbonyl (C=O) groups excluding carboxylic acids is 2. The summed E-state index contributed by atoms with van der Waals surface area (Å²) in [6.45, 7) is 0. The van der Waals surface area contributed by atoms with E-state index in [9.17, 15) is 14.7 Å². The molecule has 19 heavy (non-hydrogen) atoms. The van der Waals surface area contributed by atoms with Crippen LogP contribution in [0.3, 0.4) is 0 Å². The number of rotatable bonds is 4. The summed E-state index contributed by atoms with van der Waals surface area (Å²) < 4.78 is 9.22. The number of ketones is 1. The molecule has 1 aromatic rings. The minimum absolute atomic E-state index is 0.133. The Morgan fingerprint density at radius 1 is 1.21 bits per heavy atom. The number of aliphatic hydroxyl groups excluding tert-OH is 1. The van der Waals surface area contributed by atoms with Crippen LogP contribution in [-0.2, 0) is 14.3 Å². The first kappa shape index (κ1) is 15.3. The molecule has 0 radical (unpaired) electrons. The van der Waals surface area contributed by atoms with Crippen molar-refractivity contribution in [2.75, 3.05) is 14.2 Å². The number of hydrogen-bond acceptors (Lipinski definition) is 5. The van der Waals surface area contributed by atoms with Crippen LogP contribution in [0.15, 0.2) is 18.2 Å². The molecule has 0 heterocycles. The maximum absolute atomic E-state index is 11.3. The number of halogens is 2. The van der Waals surface area contributed by atoms with Gasteiger partial charge >= 0.3 is 5.97 Å². The van der Waals surface area contributed by atoms with E-state index in [1.807, 2.05) is 0 Å². The third kappa shape index (κ3) is 3.62. The number of esters is 1. The summed E-state index contributed by atoms with van der Waals surface area (Å²) in [6.07, 6.45) is 0.716. The van der Waals surface area contributed by atoms with E-state index in [0.717, 1.165) is 7.11 Å². The third-order valence-electron chi connectivity index (χ3n) is 2.17. The smallest absolute Gasteiger partial charge is 0.378 e. The average Bonchev–Trinajstić information content (AvgIpc) is 2.39. The highest BCUT2D eigenvalue weighted by molar-refractivity contribution is 6.42.